The van der Waals surface area contributed by atoms with Gasteiger partial charge >= 0.3 is 11.9 Å². The van der Waals surface area contributed by atoms with Gasteiger partial charge in [0, 0.05) is 0 Å². The Labute approximate surface area is 210 Å². The van der Waals surface area contributed by atoms with Crippen LogP contribution in [0.3, 0.4) is 0 Å². The lowest BCUT2D eigenvalue weighted by Gasteiger charge is -2.71. The van der Waals surface area contributed by atoms with Gasteiger partial charge in [-0.25, -0.2) is 0 Å². The molecule has 5 aliphatic carbocycles. The van der Waals surface area contributed by atoms with Crippen LogP contribution in [0.1, 0.15) is 106 Å². The predicted octanol–water partition coefficient (Wildman–Crippen LogP) is 6.30. The Morgan fingerprint density at radius 2 is 1.49 bits per heavy atom. The minimum Gasteiger partial charge on any atom is -0.481 e. The van der Waals surface area contributed by atoms with Crippen molar-refractivity contribution in [3.63, 3.8) is 0 Å². The number of hydrogen-bond acceptors (Lipinski definition) is 3. The molecule has 0 amide bonds. The van der Waals surface area contributed by atoms with Gasteiger partial charge in [-0.3, -0.25) is 9.59 Å². The van der Waals surface area contributed by atoms with E-state index in [0.717, 1.165) is 38.5 Å². The van der Waals surface area contributed by atoms with Crippen molar-refractivity contribution in [2.75, 3.05) is 0 Å². The summed E-state index contributed by atoms with van der Waals surface area (Å²) in [5.74, 6) is -0.770. The molecule has 196 valence electrons. The highest BCUT2D eigenvalue weighted by atomic mass is 16.4. The van der Waals surface area contributed by atoms with Gasteiger partial charge in [0.15, 0.2) is 0 Å². The van der Waals surface area contributed by atoms with E-state index >= 15 is 0 Å². The van der Waals surface area contributed by atoms with Gasteiger partial charge in [0.25, 0.3) is 0 Å². The first-order valence-corrected chi connectivity index (χ1v) is 13.9. The quantitative estimate of drug-likeness (QED) is 0.398. The van der Waals surface area contributed by atoms with Gasteiger partial charge < -0.3 is 15.3 Å². The van der Waals surface area contributed by atoms with Gasteiger partial charge in [-0.2, -0.15) is 0 Å². The van der Waals surface area contributed by atoms with Gasteiger partial charge in [-0.1, -0.05) is 46.3 Å². The normalized spacial score (nSPS) is 52.7. The molecule has 0 bridgehead atoms. The van der Waals surface area contributed by atoms with Crippen molar-refractivity contribution in [2.45, 2.75) is 112 Å². The smallest absolute Gasteiger partial charge is 0.310 e. The number of allylic oxidation sites excluding steroid dienone is 2. The zero-order valence-corrected chi connectivity index (χ0v) is 22.6. The summed E-state index contributed by atoms with van der Waals surface area (Å²) in [6.07, 6.45) is 9.97. The average molecular weight is 487 g/mol. The molecule has 0 radical (unpaired) electrons. The molecule has 0 spiro atoms. The first-order chi connectivity index (χ1) is 16.1. The lowest BCUT2D eigenvalue weighted by atomic mass is 9.33. The highest BCUT2D eigenvalue weighted by molar-refractivity contribution is 5.79. The second kappa shape index (κ2) is 7.36. The summed E-state index contributed by atoms with van der Waals surface area (Å²) in [6, 6.07) is 0. The molecule has 5 rings (SSSR count). The number of aliphatic hydroxyl groups is 1. The van der Waals surface area contributed by atoms with Crippen molar-refractivity contribution in [1.29, 1.82) is 0 Å². The molecule has 35 heavy (non-hydrogen) atoms. The molecular weight excluding hydrogens is 440 g/mol. The summed E-state index contributed by atoms with van der Waals surface area (Å²) in [5, 5.41) is 31.4. The molecule has 3 N–H and O–H groups in total. The van der Waals surface area contributed by atoms with E-state index in [0.29, 0.717) is 37.5 Å². The van der Waals surface area contributed by atoms with Crippen LogP contribution in [0.4, 0.5) is 0 Å². The number of hydrogen-bond donors (Lipinski definition) is 3. The van der Waals surface area contributed by atoms with E-state index in [9.17, 15) is 24.9 Å². The van der Waals surface area contributed by atoms with E-state index in [1.807, 2.05) is 6.92 Å². The van der Waals surface area contributed by atoms with Crippen molar-refractivity contribution in [3.05, 3.63) is 11.6 Å². The zero-order valence-electron chi connectivity index (χ0n) is 22.6. The fraction of sp³-hybridized carbons (Fsp3) is 0.867. The molecule has 4 saturated carbocycles. The molecule has 0 aromatic rings. The van der Waals surface area contributed by atoms with Crippen molar-refractivity contribution in [1.82, 2.24) is 0 Å². The zero-order chi connectivity index (χ0) is 25.8. The molecule has 5 heteroatoms. The maximum atomic E-state index is 12.8. The van der Waals surface area contributed by atoms with Crippen LogP contribution in [0.5, 0.6) is 0 Å². The standard InChI is InChI=1S/C30H46O5/c1-25(2)20-9-12-29(6)21(27(20,4)11-10-22(25)31)8-7-18-19-17-26(3,23(32)33)13-15-30(19,24(34)35)16-14-28(18,29)5/h7,19-22,31H,8-17H2,1-6H3,(H,32,33)(H,34,35)/t19-,20+,21-,22+,26+,27+,28-,29-,30+/m1/s1. The van der Waals surface area contributed by atoms with Crippen molar-refractivity contribution in [3.8, 4) is 0 Å². The Balaban J connectivity index is 1.60. The fourth-order valence-electron chi connectivity index (χ4n) is 10.6. The fourth-order valence-corrected chi connectivity index (χ4v) is 10.6. The van der Waals surface area contributed by atoms with E-state index < -0.39 is 22.8 Å². The number of carboxylic acids is 2. The minimum absolute atomic E-state index is 0.0441. The number of aliphatic carboxylic acids is 2. The highest BCUT2D eigenvalue weighted by Crippen LogP contribution is 2.75. The second-order valence-corrected chi connectivity index (χ2v) is 14.8. The monoisotopic (exact) mass is 486 g/mol. The first kappa shape index (κ1) is 25.3. The van der Waals surface area contributed by atoms with Crippen LogP contribution >= 0.6 is 0 Å². The van der Waals surface area contributed by atoms with Crippen molar-refractivity contribution in [2.24, 2.45) is 50.2 Å². The maximum Gasteiger partial charge on any atom is 0.310 e. The second-order valence-electron chi connectivity index (χ2n) is 14.8. The molecule has 0 aromatic heterocycles. The SMILES string of the molecule is CC1(C)[C@@H](O)CC[C@]2(C)[C@H]3CC=C4[C@H]5C[C@@](C)(C(=O)O)CC[C@]5(C(=O)O)CC[C@@]4(C)[C@]3(C)CC[C@@H]12. The lowest BCUT2D eigenvalue weighted by Crippen LogP contribution is -2.65. The highest BCUT2D eigenvalue weighted by Gasteiger charge is 2.69. The number of fused-ring (bicyclic) bond motifs is 7. The van der Waals surface area contributed by atoms with Gasteiger partial charge in [-0.15, -0.1) is 0 Å². The third-order valence-corrected chi connectivity index (χ3v) is 13.3. The van der Waals surface area contributed by atoms with Crippen LogP contribution in [0.2, 0.25) is 0 Å². The third kappa shape index (κ3) is 2.97. The minimum atomic E-state index is -0.867. The Kier molecular flexibility index (Phi) is 5.32. The van der Waals surface area contributed by atoms with Crippen molar-refractivity contribution >= 4 is 11.9 Å². The molecular formula is C30H46O5. The van der Waals surface area contributed by atoms with E-state index in [4.69, 9.17) is 0 Å². The molecule has 0 unspecified atom stereocenters. The van der Waals surface area contributed by atoms with Crippen molar-refractivity contribution < 1.29 is 24.9 Å². The van der Waals surface area contributed by atoms with Gasteiger partial charge in [-0.05, 0) is 111 Å². The van der Waals surface area contributed by atoms with Crippen LogP contribution in [0, 0.1) is 50.2 Å². The summed E-state index contributed by atoms with van der Waals surface area (Å²) < 4.78 is 0. The van der Waals surface area contributed by atoms with Crippen LogP contribution < -0.4 is 0 Å². The molecule has 5 aliphatic rings. The summed E-state index contributed by atoms with van der Waals surface area (Å²) in [5.41, 5.74) is -0.474. The molecule has 0 aliphatic heterocycles. The number of carbonyl (C=O) groups is 2. The summed E-state index contributed by atoms with van der Waals surface area (Å²) in [4.78, 5) is 25.0. The van der Waals surface area contributed by atoms with E-state index in [1.54, 1.807) is 0 Å². The topological polar surface area (TPSA) is 94.8 Å². The Bertz CT molecular complexity index is 983. The number of rotatable bonds is 2. The maximum absolute atomic E-state index is 12.8. The molecule has 0 saturated heterocycles. The lowest BCUT2D eigenvalue weighted by molar-refractivity contribution is -0.206. The van der Waals surface area contributed by atoms with Crippen LogP contribution in [0.15, 0.2) is 11.6 Å². The van der Waals surface area contributed by atoms with Gasteiger partial charge in [0.1, 0.15) is 0 Å². The molecule has 0 aromatic carbocycles. The van der Waals surface area contributed by atoms with Gasteiger partial charge in [0.05, 0.1) is 16.9 Å². The average Bonchev–Trinajstić information content (AvgIpc) is 2.77. The van der Waals surface area contributed by atoms with Crippen LogP contribution in [0.25, 0.3) is 0 Å². The summed E-state index contributed by atoms with van der Waals surface area (Å²) in [6.45, 7) is 13.7. The number of carboxylic acid groups (broad SMARTS) is 2. The van der Waals surface area contributed by atoms with Gasteiger partial charge in [0.2, 0.25) is 0 Å². The van der Waals surface area contributed by atoms with E-state index in [1.165, 1.54) is 5.57 Å². The Hall–Kier alpha value is -1.36. The Morgan fingerprint density at radius 3 is 2.11 bits per heavy atom. The van der Waals surface area contributed by atoms with Crippen LogP contribution in [-0.2, 0) is 9.59 Å². The van der Waals surface area contributed by atoms with E-state index in [2.05, 4.69) is 40.7 Å². The molecule has 9 atom stereocenters. The largest absolute Gasteiger partial charge is 0.481 e. The number of aliphatic hydroxyl groups excluding tert-OH is 1. The predicted molar refractivity (Wildman–Crippen MR) is 135 cm³/mol. The molecule has 4 fully saturated rings. The van der Waals surface area contributed by atoms with Crippen LogP contribution in [-0.4, -0.2) is 33.4 Å². The summed E-state index contributed by atoms with van der Waals surface area (Å²) in [7, 11) is 0. The summed E-state index contributed by atoms with van der Waals surface area (Å²) >= 11 is 0. The molecule has 5 nitrogen and oxygen atoms in total. The van der Waals surface area contributed by atoms with E-state index in [-0.39, 0.29) is 33.7 Å². The third-order valence-electron chi connectivity index (χ3n) is 13.3. The first-order valence-electron chi connectivity index (χ1n) is 13.9. The Morgan fingerprint density at radius 1 is 0.829 bits per heavy atom. The molecule has 0 heterocycles.